The smallest absolute Gasteiger partial charge is 0.336 e. The summed E-state index contributed by atoms with van der Waals surface area (Å²) in [6, 6.07) is 20.9. The Kier molecular flexibility index (Phi) is 5.28. The average molecular weight is 456 g/mol. The van der Waals surface area contributed by atoms with Crippen LogP contribution in [0.1, 0.15) is 15.9 Å². The summed E-state index contributed by atoms with van der Waals surface area (Å²) in [5, 5.41) is 9.90. The summed E-state index contributed by atoms with van der Waals surface area (Å²) < 4.78 is 5.78. The monoisotopic (exact) mass is 455 g/mol. The van der Waals surface area contributed by atoms with E-state index in [1.165, 1.54) is 6.07 Å². The third-order valence-corrected chi connectivity index (χ3v) is 5.71. The zero-order valence-electron chi connectivity index (χ0n) is 17.5. The third-order valence-electron chi connectivity index (χ3n) is 5.39. The van der Waals surface area contributed by atoms with Crippen LogP contribution >= 0.6 is 11.6 Å². The number of nitrogens with zero attached hydrogens (tertiary/aromatic N) is 2. The van der Waals surface area contributed by atoms with E-state index in [0.29, 0.717) is 21.9 Å². The molecule has 6 nitrogen and oxygen atoms in total. The largest absolute Gasteiger partial charge is 0.478 e. The lowest BCUT2D eigenvalue weighted by Gasteiger charge is -2.07. The number of halogens is 1. The Balaban J connectivity index is 1.45. The molecule has 0 aliphatic rings. The van der Waals surface area contributed by atoms with Gasteiger partial charge in [0, 0.05) is 18.0 Å². The van der Waals surface area contributed by atoms with E-state index in [1.54, 1.807) is 31.3 Å². The maximum Gasteiger partial charge on any atom is 0.336 e. The van der Waals surface area contributed by atoms with Crippen LogP contribution in [0.25, 0.3) is 33.3 Å². The zero-order valence-corrected chi connectivity index (χ0v) is 18.3. The summed E-state index contributed by atoms with van der Waals surface area (Å²) >= 11 is 6.57. The van der Waals surface area contributed by atoms with Crippen molar-refractivity contribution in [3.05, 3.63) is 95.3 Å². The van der Waals surface area contributed by atoms with Gasteiger partial charge in [-0.3, -0.25) is 4.98 Å². The predicted molar refractivity (Wildman–Crippen MR) is 128 cm³/mol. The highest BCUT2D eigenvalue weighted by Crippen LogP contribution is 2.34. The standard InChI is InChI=1S/C26H18ClN3O3/c1-15-4-9-19(11-20(15)25(31)32)33-26-29-23-12-21(22(27)13-24(23)30-26)17-7-5-16(6-8-17)18-3-2-10-28-14-18/h2-14H,1H3,(H,29,30)(H,31,32). The molecule has 33 heavy (non-hydrogen) atoms. The summed E-state index contributed by atoms with van der Waals surface area (Å²) in [6.45, 7) is 1.74. The van der Waals surface area contributed by atoms with Crippen LogP contribution in [0.15, 0.2) is 79.1 Å². The number of aromatic carboxylic acids is 1. The minimum absolute atomic E-state index is 0.184. The minimum Gasteiger partial charge on any atom is -0.478 e. The summed E-state index contributed by atoms with van der Waals surface area (Å²) in [4.78, 5) is 23.1. The molecule has 0 aliphatic heterocycles. The molecule has 5 aromatic rings. The van der Waals surface area contributed by atoms with E-state index in [2.05, 4.69) is 15.0 Å². The Bertz CT molecular complexity index is 1480. The van der Waals surface area contributed by atoms with Gasteiger partial charge in [-0.05, 0) is 59.5 Å². The van der Waals surface area contributed by atoms with Crippen molar-refractivity contribution in [3.8, 4) is 34.0 Å². The average Bonchev–Trinajstić information content (AvgIpc) is 3.21. The zero-order chi connectivity index (χ0) is 22.9. The number of aromatic nitrogens is 3. The van der Waals surface area contributed by atoms with Crippen molar-refractivity contribution in [2.75, 3.05) is 0 Å². The van der Waals surface area contributed by atoms with Crippen LogP contribution in [0.4, 0.5) is 0 Å². The molecule has 7 heteroatoms. The fourth-order valence-corrected chi connectivity index (χ4v) is 3.93. The SMILES string of the molecule is Cc1ccc(Oc2nc3cc(-c4ccc(-c5cccnc5)cc4)c(Cl)cc3[nH]2)cc1C(=O)O. The topological polar surface area (TPSA) is 88.1 Å². The van der Waals surface area contributed by atoms with Crippen molar-refractivity contribution in [1.29, 1.82) is 0 Å². The molecule has 0 spiro atoms. The van der Waals surface area contributed by atoms with E-state index in [-0.39, 0.29) is 11.6 Å². The van der Waals surface area contributed by atoms with Crippen LogP contribution in [0.3, 0.4) is 0 Å². The van der Waals surface area contributed by atoms with Crippen LogP contribution in [-0.2, 0) is 0 Å². The number of rotatable bonds is 5. The molecule has 0 atom stereocenters. The van der Waals surface area contributed by atoms with E-state index >= 15 is 0 Å². The van der Waals surface area contributed by atoms with E-state index < -0.39 is 5.97 Å². The molecule has 0 unspecified atom stereocenters. The van der Waals surface area contributed by atoms with Gasteiger partial charge < -0.3 is 14.8 Å². The van der Waals surface area contributed by atoms with Crippen LogP contribution in [0, 0.1) is 6.92 Å². The lowest BCUT2D eigenvalue weighted by molar-refractivity contribution is 0.0695. The van der Waals surface area contributed by atoms with Crippen molar-refractivity contribution < 1.29 is 14.6 Å². The molecule has 2 aromatic heterocycles. The Morgan fingerprint density at radius 3 is 2.52 bits per heavy atom. The minimum atomic E-state index is -1.01. The lowest BCUT2D eigenvalue weighted by atomic mass is 10.0. The molecule has 2 heterocycles. The molecular weight excluding hydrogens is 438 g/mol. The number of pyridine rings is 1. The second-order valence-electron chi connectivity index (χ2n) is 7.59. The highest BCUT2D eigenvalue weighted by molar-refractivity contribution is 6.34. The number of benzene rings is 3. The summed E-state index contributed by atoms with van der Waals surface area (Å²) in [7, 11) is 0. The number of carboxylic acids is 1. The number of hydrogen-bond donors (Lipinski definition) is 2. The van der Waals surface area contributed by atoms with Gasteiger partial charge in [-0.1, -0.05) is 48.0 Å². The number of fused-ring (bicyclic) bond motifs is 1. The second kappa shape index (κ2) is 8.41. The Labute approximate surface area is 194 Å². The van der Waals surface area contributed by atoms with Crippen LogP contribution in [0.5, 0.6) is 11.8 Å². The number of nitrogens with one attached hydrogen (secondary N) is 1. The van der Waals surface area contributed by atoms with Gasteiger partial charge in [0.25, 0.3) is 6.01 Å². The molecule has 0 radical (unpaired) electrons. The normalized spacial score (nSPS) is 11.0. The van der Waals surface area contributed by atoms with Crippen molar-refractivity contribution in [2.45, 2.75) is 6.92 Å². The molecule has 162 valence electrons. The number of hydrogen-bond acceptors (Lipinski definition) is 4. The van der Waals surface area contributed by atoms with E-state index in [1.807, 2.05) is 48.7 Å². The van der Waals surface area contributed by atoms with Crippen molar-refractivity contribution >= 4 is 28.6 Å². The molecule has 0 aliphatic carbocycles. The van der Waals surface area contributed by atoms with Gasteiger partial charge in [-0.25, -0.2) is 4.79 Å². The maximum absolute atomic E-state index is 11.4. The molecule has 5 rings (SSSR count). The second-order valence-corrected chi connectivity index (χ2v) is 8.00. The Morgan fingerprint density at radius 1 is 1.00 bits per heavy atom. The first-order valence-corrected chi connectivity index (χ1v) is 10.6. The van der Waals surface area contributed by atoms with Gasteiger partial charge in [-0.2, -0.15) is 4.98 Å². The number of carboxylic acid groups (broad SMARTS) is 1. The summed E-state index contributed by atoms with van der Waals surface area (Å²) in [5.41, 5.74) is 6.17. The molecule has 2 N–H and O–H groups in total. The van der Waals surface area contributed by atoms with E-state index in [4.69, 9.17) is 16.3 Å². The predicted octanol–water partition coefficient (Wildman–Crippen LogP) is 6.74. The van der Waals surface area contributed by atoms with Crippen molar-refractivity contribution in [3.63, 3.8) is 0 Å². The highest BCUT2D eigenvalue weighted by atomic mass is 35.5. The number of imidazole rings is 1. The molecule has 3 aromatic carbocycles. The summed E-state index contributed by atoms with van der Waals surface area (Å²) in [6.07, 6.45) is 3.57. The molecule has 0 fully saturated rings. The first-order chi connectivity index (χ1) is 16.0. The summed E-state index contributed by atoms with van der Waals surface area (Å²) in [5.74, 6) is -0.622. The van der Waals surface area contributed by atoms with Gasteiger partial charge in [-0.15, -0.1) is 0 Å². The first-order valence-electron chi connectivity index (χ1n) is 10.2. The highest BCUT2D eigenvalue weighted by Gasteiger charge is 2.13. The van der Waals surface area contributed by atoms with E-state index in [0.717, 1.165) is 27.8 Å². The van der Waals surface area contributed by atoms with Gasteiger partial charge >= 0.3 is 5.97 Å². The maximum atomic E-state index is 11.4. The molecule has 0 bridgehead atoms. The van der Waals surface area contributed by atoms with Gasteiger partial charge in [0.05, 0.1) is 21.6 Å². The fraction of sp³-hybridized carbons (Fsp3) is 0.0385. The van der Waals surface area contributed by atoms with Crippen LogP contribution in [0.2, 0.25) is 5.02 Å². The first kappa shape index (κ1) is 20.7. The van der Waals surface area contributed by atoms with Crippen molar-refractivity contribution in [2.24, 2.45) is 0 Å². The molecule has 0 saturated carbocycles. The van der Waals surface area contributed by atoms with Crippen LogP contribution in [-0.4, -0.2) is 26.0 Å². The van der Waals surface area contributed by atoms with Gasteiger partial charge in [0.1, 0.15) is 5.75 Å². The fourth-order valence-electron chi connectivity index (χ4n) is 3.66. The number of ether oxygens (including phenoxy) is 1. The number of aromatic amines is 1. The van der Waals surface area contributed by atoms with Gasteiger partial charge in [0.2, 0.25) is 0 Å². The number of carbonyl (C=O) groups is 1. The Hall–Kier alpha value is -4.16. The lowest BCUT2D eigenvalue weighted by Crippen LogP contribution is -2.00. The molecule has 0 saturated heterocycles. The van der Waals surface area contributed by atoms with Gasteiger partial charge in [0.15, 0.2) is 0 Å². The Morgan fingerprint density at radius 2 is 1.79 bits per heavy atom. The van der Waals surface area contributed by atoms with E-state index in [9.17, 15) is 9.90 Å². The quantitative estimate of drug-likeness (QED) is 0.306. The van der Waals surface area contributed by atoms with Crippen LogP contribution < -0.4 is 4.74 Å². The third kappa shape index (κ3) is 4.16. The molecule has 0 amide bonds. The number of aryl methyl sites for hydroxylation is 1. The molecular formula is C26H18ClN3O3. The van der Waals surface area contributed by atoms with Crippen molar-refractivity contribution in [1.82, 2.24) is 15.0 Å². The number of H-pyrrole nitrogens is 1.